The van der Waals surface area contributed by atoms with E-state index in [9.17, 15) is 0 Å². The highest BCUT2D eigenvalue weighted by Gasteiger charge is 2.09. The molecule has 0 amide bonds. The molecule has 0 saturated carbocycles. The Bertz CT molecular complexity index is 1180. The fourth-order valence-electron chi connectivity index (χ4n) is 2.89. The lowest BCUT2D eigenvalue weighted by Gasteiger charge is -2.02. The van der Waals surface area contributed by atoms with Gasteiger partial charge in [0.1, 0.15) is 0 Å². The molecule has 0 spiro atoms. The molecule has 0 aliphatic heterocycles. The Labute approximate surface area is 136 Å². The molecule has 4 aromatic heterocycles. The minimum Gasteiger partial charge on any atom is -0.255 e. The molecular weight excluding hydrogens is 302 g/mol. The highest BCUT2D eigenvalue weighted by molar-refractivity contribution is 7.25. The van der Waals surface area contributed by atoms with Crippen molar-refractivity contribution in [1.29, 1.82) is 0 Å². The van der Waals surface area contributed by atoms with Gasteiger partial charge in [-0.15, -0.1) is 11.3 Å². The molecule has 23 heavy (non-hydrogen) atoms. The van der Waals surface area contributed by atoms with E-state index < -0.39 is 0 Å². The number of fused-ring (bicyclic) bond motifs is 4. The molecule has 3 nitrogen and oxygen atoms in total. The van der Waals surface area contributed by atoms with Crippen molar-refractivity contribution in [3.05, 3.63) is 67.1 Å². The van der Waals surface area contributed by atoms with Crippen LogP contribution in [-0.4, -0.2) is 15.0 Å². The van der Waals surface area contributed by atoms with E-state index in [2.05, 4.69) is 45.3 Å². The minimum atomic E-state index is 0.877. The summed E-state index contributed by atoms with van der Waals surface area (Å²) in [4.78, 5) is 13.5. The molecule has 4 heteroatoms. The van der Waals surface area contributed by atoms with Gasteiger partial charge in [0.25, 0.3) is 0 Å². The van der Waals surface area contributed by atoms with E-state index in [0.29, 0.717) is 0 Å². The molecule has 0 saturated heterocycles. The molecule has 108 valence electrons. The first-order valence-corrected chi connectivity index (χ1v) is 8.18. The molecule has 0 radical (unpaired) electrons. The predicted molar refractivity (Wildman–Crippen MR) is 95.7 cm³/mol. The van der Waals surface area contributed by atoms with E-state index >= 15 is 0 Å². The highest BCUT2D eigenvalue weighted by Crippen LogP contribution is 2.34. The molecule has 5 aromatic rings. The fraction of sp³-hybridized carbons (Fsp3) is 0. The van der Waals surface area contributed by atoms with E-state index in [4.69, 9.17) is 0 Å². The third-order valence-corrected chi connectivity index (χ3v) is 5.14. The van der Waals surface area contributed by atoms with Crippen molar-refractivity contribution in [1.82, 2.24) is 15.0 Å². The Hall–Kier alpha value is -2.85. The summed E-state index contributed by atoms with van der Waals surface area (Å²) in [6.07, 6.45) is 5.54. The Morgan fingerprint density at radius 1 is 0.696 bits per heavy atom. The van der Waals surface area contributed by atoms with Gasteiger partial charge in [0, 0.05) is 33.3 Å². The van der Waals surface area contributed by atoms with Gasteiger partial charge < -0.3 is 0 Å². The normalized spacial score (nSPS) is 11.5. The van der Waals surface area contributed by atoms with Crippen LogP contribution in [0.15, 0.2) is 67.1 Å². The van der Waals surface area contributed by atoms with E-state index in [1.165, 1.54) is 20.2 Å². The minimum absolute atomic E-state index is 0.877. The molecule has 0 aliphatic rings. The van der Waals surface area contributed by atoms with Crippen molar-refractivity contribution in [3.63, 3.8) is 0 Å². The van der Waals surface area contributed by atoms with Gasteiger partial charge in [-0.1, -0.05) is 24.3 Å². The van der Waals surface area contributed by atoms with Crippen LogP contribution < -0.4 is 0 Å². The molecule has 0 fully saturated rings. The number of hydrogen-bond acceptors (Lipinski definition) is 4. The van der Waals surface area contributed by atoms with Gasteiger partial charge in [0.15, 0.2) is 0 Å². The third kappa shape index (κ3) is 1.99. The molecule has 0 bridgehead atoms. The third-order valence-electron chi connectivity index (χ3n) is 4.02. The van der Waals surface area contributed by atoms with Crippen LogP contribution in [0.25, 0.3) is 42.5 Å². The molecule has 0 atom stereocenters. The maximum atomic E-state index is 4.61. The fourth-order valence-corrected chi connectivity index (χ4v) is 3.94. The summed E-state index contributed by atoms with van der Waals surface area (Å²) in [6, 6.07) is 16.6. The van der Waals surface area contributed by atoms with Crippen molar-refractivity contribution in [2.24, 2.45) is 0 Å². The van der Waals surface area contributed by atoms with Crippen molar-refractivity contribution in [3.8, 4) is 11.4 Å². The second-order valence-corrected chi connectivity index (χ2v) is 6.51. The summed E-state index contributed by atoms with van der Waals surface area (Å²) < 4.78 is 2.49. The van der Waals surface area contributed by atoms with Crippen molar-refractivity contribution >= 4 is 42.4 Å². The summed E-state index contributed by atoms with van der Waals surface area (Å²) in [5.74, 6) is 0. The molecule has 5 rings (SSSR count). The van der Waals surface area contributed by atoms with Crippen molar-refractivity contribution in [2.75, 3.05) is 0 Å². The standard InChI is InChI=1S/C19H11N3S/c1-2-6-18-13(5-1)14-9-16(22-11-19(14)23-18)15-8-12-4-3-7-20-17(12)10-21-15/h1-11H. The second kappa shape index (κ2) is 4.83. The Morgan fingerprint density at radius 2 is 1.57 bits per heavy atom. The smallest absolute Gasteiger partial charge is 0.0894 e. The molecule has 0 N–H and O–H groups in total. The topological polar surface area (TPSA) is 38.7 Å². The summed E-state index contributed by atoms with van der Waals surface area (Å²) in [5, 5.41) is 3.59. The van der Waals surface area contributed by atoms with Crippen molar-refractivity contribution in [2.45, 2.75) is 0 Å². The Morgan fingerprint density at radius 3 is 2.57 bits per heavy atom. The highest BCUT2D eigenvalue weighted by atomic mass is 32.1. The predicted octanol–water partition coefficient (Wildman–Crippen LogP) is 5.06. The number of hydrogen-bond donors (Lipinski definition) is 0. The van der Waals surface area contributed by atoms with Crippen molar-refractivity contribution < 1.29 is 0 Å². The second-order valence-electron chi connectivity index (χ2n) is 5.43. The largest absolute Gasteiger partial charge is 0.255 e. The first-order chi connectivity index (χ1) is 11.4. The molecular formula is C19H11N3S. The van der Waals surface area contributed by atoms with Gasteiger partial charge in [-0.25, -0.2) is 0 Å². The number of nitrogens with zero attached hydrogens (tertiary/aromatic N) is 3. The number of benzene rings is 1. The lowest BCUT2D eigenvalue weighted by atomic mass is 10.1. The van der Waals surface area contributed by atoms with Crippen LogP contribution in [0.5, 0.6) is 0 Å². The van der Waals surface area contributed by atoms with Crippen LogP contribution in [-0.2, 0) is 0 Å². The quantitative estimate of drug-likeness (QED) is 0.434. The maximum Gasteiger partial charge on any atom is 0.0894 e. The van der Waals surface area contributed by atoms with Gasteiger partial charge in [-0.05, 0) is 24.3 Å². The summed E-state index contributed by atoms with van der Waals surface area (Å²) in [5.41, 5.74) is 2.67. The van der Waals surface area contributed by atoms with Crippen LogP contribution in [0.3, 0.4) is 0 Å². The maximum absolute atomic E-state index is 4.61. The SMILES string of the molecule is c1cnc2cnc(-c3cc4c(cn3)sc3ccccc34)cc2c1. The molecule has 1 aromatic carbocycles. The summed E-state index contributed by atoms with van der Waals surface area (Å²) in [6.45, 7) is 0. The van der Waals surface area contributed by atoms with Crippen LogP contribution in [0.4, 0.5) is 0 Å². The lowest BCUT2D eigenvalue weighted by Crippen LogP contribution is -1.88. The Balaban J connectivity index is 1.76. The van der Waals surface area contributed by atoms with Gasteiger partial charge in [0.2, 0.25) is 0 Å². The first kappa shape index (κ1) is 12.7. The average molecular weight is 313 g/mol. The van der Waals surface area contributed by atoms with Gasteiger partial charge in [-0.3, -0.25) is 15.0 Å². The van der Waals surface area contributed by atoms with E-state index in [1.807, 2.05) is 30.6 Å². The zero-order valence-electron chi connectivity index (χ0n) is 12.1. The lowest BCUT2D eigenvalue weighted by molar-refractivity contribution is 1.26. The number of pyridine rings is 3. The zero-order valence-corrected chi connectivity index (χ0v) is 12.9. The van der Waals surface area contributed by atoms with E-state index in [-0.39, 0.29) is 0 Å². The van der Waals surface area contributed by atoms with Gasteiger partial charge in [0.05, 0.1) is 27.8 Å². The number of thiophene rings is 1. The monoisotopic (exact) mass is 313 g/mol. The van der Waals surface area contributed by atoms with Crippen LogP contribution in [0.1, 0.15) is 0 Å². The average Bonchev–Trinajstić information content (AvgIpc) is 2.99. The van der Waals surface area contributed by atoms with Crippen LogP contribution in [0, 0.1) is 0 Å². The molecule has 0 unspecified atom stereocenters. The van der Waals surface area contributed by atoms with E-state index in [1.54, 1.807) is 17.5 Å². The first-order valence-electron chi connectivity index (χ1n) is 7.37. The summed E-state index contributed by atoms with van der Waals surface area (Å²) in [7, 11) is 0. The van der Waals surface area contributed by atoms with Crippen LogP contribution >= 0.6 is 11.3 Å². The molecule has 4 heterocycles. The Kier molecular flexibility index (Phi) is 2.66. The molecule has 0 aliphatic carbocycles. The van der Waals surface area contributed by atoms with Gasteiger partial charge in [-0.2, -0.15) is 0 Å². The van der Waals surface area contributed by atoms with Gasteiger partial charge >= 0.3 is 0 Å². The zero-order chi connectivity index (χ0) is 15.2. The number of aromatic nitrogens is 3. The van der Waals surface area contributed by atoms with E-state index in [0.717, 1.165) is 22.3 Å². The number of rotatable bonds is 1. The van der Waals surface area contributed by atoms with Crippen LogP contribution in [0.2, 0.25) is 0 Å². The summed E-state index contributed by atoms with van der Waals surface area (Å²) >= 11 is 1.78.